The van der Waals surface area contributed by atoms with E-state index >= 15 is 0 Å². The molecule has 0 unspecified atom stereocenters. The molecule has 138 valence electrons. The van der Waals surface area contributed by atoms with Gasteiger partial charge in [-0.3, -0.25) is 10.1 Å². The lowest BCUT2D eigenvalue weighted by Crippen LogP contribution is -2.13. The van der Waals surface area contributed by atoms with Crippen molar-refractivity contribution in [1.29, 1.82) is 0 Å². The van der Waals surface area contributed by atoms with E-state index in [1.54, 1.807) is 0 Å². The highest BCUT2D eigenvalue weighted by molar-refractivity contribution is 6.03. The third-order valence-corrected chi connectivity index (χ3v) is 5.22. The maximum absolute atomic E-state index is 12.5. The molecule has 0 radical (unpaired) electrons. The number of hydrogen-bond acceptors (Lipinski definition) is 4. The zero-order chi connectivity index (χ0) is 18.8. The van der Waals surface area contributed by atoms with Crippen molar-refractivity contribution in [3.63, 3.8) is 0 Å². The van der Waals surface area contributed by atoms with Crippen molar-refractivity contribution >= 4 is 11.9 Å². The summed E-state index contributed by atoms with van der Waals surface area (Å²) in [6, 6.07) is 12.3. The molecular weight excluding hydrogens is 338 g/mol. The highest BCUT2D eigenvalue weighted by atomic mass is 16.4. The molecule has 1 aromatic heterocycles. The Hall–Kier alpha value is -2.95. The Morgan fingerprint density at radius 3 is 2.63 bits per heavy atom. The summed E-state index contributed by atoms with van der Waals surface area (Å²) in [5, 5.41) is 10.7. The van der Waals surface area contributed by atoms with Crippen molar-refractivity contribution in [1.82, 2.24) is 10.2 Å². The first-order valence-electron chi connectivity index (χ1n) is 9.40. The van der Waals surface area contributed by atoms with Gasteiger partial charge in [0.25, 0.3) is 5.91 Å². The number of anilines is 1. The number of hydrogen-bond donors (Lipinski definition) is 1. The van der Waals surface area contributed by atoms with E-state index in [2.05, 4.69) is 53.6 Å². The van der Waals surface area contributed by atoms with Gasteiger partial charge >= 0.3 is 6.01 Å². The maximum Gasteiger partial charge on any atom is 0.322 e. The quantitative estimate of drug-likeness (QED) is 0.747. The van der Waals surface area contributed by atoms with Gasteiger partial charge < -0.3 is 4.42 Å². The fraction of sp³-hybridized carbons (Fsp3) is 0.318. The molecule has 5 heteroatoms. The summed E-state index contributed by atoms with van der Waals surface area (Å²) in [7, 11) is 0. The van der Waals surface area contributed by atoms with E-state index in [1.165, 1.54) is 35.1 Å². The number of carbonyl (C=O) groups is 1. The van der Waals surface area contributed by atoms with E-state index in [9.17, 15) is 4.79 Å². The first kappa shape index (κ1) is 17.5. The van der Waals surface area contributed by atoms with E-state index in [0.717, 1.165) is 18.4 Å². The molecule has 2 aromatic carbocycles. The third-order valence-electron chi connectivity index (χ3n) is 5.22. The Balaban J connectivity index is 1.44. The number of nitrogens with zero attached hydrogens (tertiary/aromatic N) is 2. The van der Waals surface area contributed by atoms with Crippen LogP contribution in [0.1, 0.15) is 56.9 Å². The van der Waals surface area contributed by atoms with Crippen LogP contribution in [0, 0.1) is 13.8 Å². The van der Waals surface area contributed by atoms with Crippen LogP contribution in [0.4, 0.5) is 6.01 Å². The summed E-state index contributed by atoms with van der Waals surface area (Å²) in [6.07, 6.45) is 5.09. The number of nitrogens with one attached hydrogen (secondary N) is 1. The van der Waals surface area contributed by atoms with E-state index in [-0.39, 0.29) is 11.9 Å². The van der Waals surface area contributed by atoms with Crippen molar-refractivity contribution in [3.05, 3.63) is 75.7 Å². The van der Waals surface area contributed by atoms with Crippen molar-refractivity contribution in [3.8, 4) is 0 Å². The average molecular weight is 361 g/mol. The van der Waals surface area contributed by atoms with Gasteiger partial charge in [-0.05, 0) is 79.5 Å². The van der Waals surface area contributed by atoms with Crippen molar-refractivity contribution < 1.29 is 9.21 Å². The van der Waals surface area contributed by atoms with Crippen LogP contribution in [0.15, 0.2) is 40.8 Å². The van der Waals surface area contributed by atoms with E-state index in [1.807, 2.05) is 12.1 Å². The molecule has 1 aliphatic carbocycles. The second kappa shape index (κ2) is 7.35. The number of rotatable bonds is 4. The summed E-state index contributed by atoms with van der Waals surface area (Å²) in [5.41, 5.74) is 6.84. The van der Waals surface area contributed by atoms with Gasteiger partial charge in [-0.25, -0.2) is 0 Å². The lowest BCUT2D eigenvalue weighted by Gasteiger charge is -2.16. The highest BCUT2D eigenvalue weighted by Crippen LogP contribution is 2.23. The van der Waals surface area contributed by atoms with Gasteiger partial charge in [-0.15, -0.1) is 5.10 Å². The fourth-order valence-electron chi connectivity index (χ4n) is 3.51. The summed E-state index contributed by atoms with van der Waals surface area (Å²) < 4.78 is 5.61. The van der Waals surface area contributed by atoms with Gasteiger partial charge in [0.1, 0.15) is 0 Å². The minimum atomic E-state index is -0.218. The molecule has 0 saturated carbocycles. The Bertz CT molecular complexity index is 991. The van der Waals surface area contributed by atoms with Crippen molar-refractivity contribution in [2.75, 3.05) is 5.32 Å². The molecular formula is C22H23N3O2. The molecule has 1 heterocycles. The number of fused-ring (bicyclic) bond motifs is 1. The van der Waals surface area contributed by atoms with Crippen LogP contribution in [-0.4, -0.2) is 16.1 Å². The molecule has 0 bridgehead atoms. The zero-order valence-corrected chi connectivity index (χ0v) is 15.7. The highest BCUT2D eigenvalue weighted by Gasteiger charge is 2.15. The number of aryl methyl sites for hydroxylation is 4. The molecule has 1 N–H and O–H groups in total. The monoisotopic (exact) mass is 361 g/mol. The van der Waals surface area contributed by atoms with Crippen LogP contribution in [0.5, 0.6) is 0 Å². The van der Waals surface area contributed by atoms with Gasteiger partial charge in [0, 0.05) is 5.56 Å². The molecule has 1 aliphatic rings. The van der Waals surface area contributed by atoms with Gasteiger partial charge in [0.15, 0.2) is 0 Å². The summed E-state index contributed by atoms with van der Waals surface area (Å²) in [5.74, 6) is 0.267. The number of aromatic nitrogens is 2. The number of benzene rings is 2. The summed E-state index contributed by atoms with van der Waals surface area (Å²) >= 11 is 0. The van der Waals surface area contributed by atoms with Crippen LogP contribution >= 0.6 is 0 Å². The minimum Gasteiger partial charge on any atom is -0.407 e. The second-order valence-electron chi connectivity index (χ2n) is 7.24. The molecule has 0 fully saturated rings. The van der Waals surface area contributed by atoms with Crippen LogP contribution in [0.2, 0.25) is 0 Å². The molecule has 3 aromatic rings. The van der Waals surface area contributed by atoms with Crippen LogP contribution < -0.4 is 5.32 Å². The maximum atomic E-state index is 12.5. The minimum absolute atomic E-state index is 0.136. The predicted molar refractivity (Wildman–Crippen MR) is 104 cm³/mol. The van der Waals surface area contributed by atoms with E-state index in [0.29, 0.717) is 17.9 Å². The van der Waals surface area contributed by atoms with Crippen molar-refractivity contribution in [2.24, 2.45) is 0 Å². The van der Waals surface area contributed by atoms with Crippen molar-refractivity contribution in [2.45, 2.75) is 46.0 Å². The molecule has 27 heavy (non-hydrogen) atoms. The zero-order valence-electron chi connectivity index (χ0n) is 15.7. The van der Waals surface area contributed by atoms with Crippen LogP contribution in [0.25, 0.3) is 0 Å². The second-order valence-corrected chi connectivity index (χ2v) is 7.24. The molecule has 4 rings (SSSR count). The first-order chi connectivity index (χ1) is 13.1. The normalized spacial score (nSPS) is 13.3. The van der Waals surface area contributed by atoms with Gasteiger partial charge in [-0.1, -0.05) is 29.4 Å². The molecule has 5 nitrogen and oxygen atoms in total. The lowest BCUT2D eigenvalue weighted by atomic mass is 9.90. The summed E-state index contributed by atoms with van der Waals surface area (Å²) in [6.45, 7) is 4.16. The Kier molecular flexibility index (Phi) is 4.75. The summed E-state index contributed by atoms with van der Waals surface area (Å²) in [4.78, 5) is 12.5. The van der Waals surface area contributed by atoms with E-state index < -0.39 is 0 Å². The lowest BCUT2D eigenvalue weighted by molar-refractivity contribution is 0.102. The fourth-order valence-corrected chi connectivity index (χ4v) is 3.51. The Morgan fingerprint density at radius 2 is 1.81 bits per heavy atom. The van der Waals surface area contributed by atoms with E-state index in [4.69, 9.17) is 4.42 Å². The number of amides is 1. The standard InChI is InChI=1S/C22H23N3O2/c1-14-7-8-16(11-15(14)2)12-20-24-25-22(27-20)23-21(26)19-10-9-17-5-3-4-6-18(17)13-19/h7-11,13H,3-6,12H2,1-2H3,(H,23,25,26). The Labute approximate surface area is 158 Å². The molecule has 0 spiro atoms. The Morgan fingerprint density at radius 1 is 1.00 bits per heavy atom. The molecule has 1 amide bonds. The van der Waals surface area contributed by atoms with Gasteiger partial charge in [0.2, 0.25) is 5.89 Å². The van der Waals surface area contributed by atoms with Gasteiger partial charge in [0.05, 0.1) is 6.42 Å². The molecule has 0 atom stereocenters. The average Bonchev–Trinajstić information content (AvgIpc) is 3.11. The largest absolute Gasteiger partial charge is 0.407 e. The smallest absolute Gasteiger partial charge is 0.322 e. The van der Waals surface area contributed by atoms with Crippen LogP contribution in [-0.2, 0) is 19.3 Å². The predicted octanol–water partition coefficient (Wildman–Crippen LogP) is 4.41. The topological polar surface area (TPSA) is 68.0 Å². The molecule has 0 aliphatic heterocycles. The first-order valence-corrected chi connectivity index (χ1v) is 9.40. The molecule has 0 saturated heterocycles. The SMILES string of the molecule is Cc1ccc(Cc2nnc(NC(=O)c3ccc4c(c3)CCCC4)o2)cc1C. The van der Waals surface area contributed by atoms with Crippen LogP contribution in [0.3, 0.4) is 0 Å². The number of carbonyl (C=O) groups excluding carboxylic acids is 1. The van der Waals surface area contributed by atoms with Gasteiger partial charge in [-0.2, -0.15) is 0 Å². The third kappa shape index (κ3) is 3.92.